The second-order valence-electron chi connectivity index (χ2n) is 6.22. The Morgan fingerprint density at radius 3 is 2.55 bits per heavy atom. The summed E-state index contributed by atoms with van der Waals surface area (Å²) in [4.78, 5) is 39.4. The fourth-order valence-electron chi connectivity index (χ4n) is 3.08. The molecule has 6 nitrogen and oxygen atoms in total. The largest absolute Gasteiger partial charge is 0.356 e. The number of likely N-dealkylation sites (tertiary alicyclic amines) is 2. The van der Waals surface area contributed by atoms with Crippen LogP contribution in [0, 0.1) is 5.92 Å². The first-order chi connectivity index (χ1) is 10.6. The molecule has 2 saturated heterocycles. The van der Waals surface area contributed by atoms with Gasteiger partial charge in [-0.3, -0.25) is 14.4 Å². The highest BCUT2D eigenvalue weighted by Gasteiger charge is 2.29. The van der Waals surface area contributed by atoms with E-state index in [1.165, 1.54) is 0 Å². The summed E-state index contributed by atoms with van der Waals surface area (Å²) in [6, 6.07) is 0. The number of amides is 3. The highest BCUT2D eigenvalue weighted by molar-refractivity contribution is 5.85. The third-order valence-corrected chi connectivity index (χ3v) is 4.52. The SMILES string of the molecule is CCCNC(=O)C1CCN(C(=O)CN2CCCCC2=O)CC1. The maximum absolute atomic E-state index is 12.3. The maximum Gasteiger partial charge on any atom is 0.242 e. The van der Waals surface area contributed by atoms with Gasteiger partial charge in [-0.2, -0.15) is 0 Å². The van der Waals surface area contributed by atoms with Crippen LogP contribution in [0.15, 0.2) is 0 Å². The van der Waals surface area contributed by atoms with Crippen molar-refractivity contribution in [2.24, 2.45) is 5.92 Å². The van der Waals surface area contributed by atoms with E-state index in [9.17, 15) is 14.4 Å². The molecule has 3 amide bonds. The molecule has 2 aliphatic heterocycles. The van der Waals surface area contributed by atoms with E-state index in [2.05, 4.69) is 5.32 Å². The van der Waals surface area contributed by atoms with Crippen molar-refractivity contribution in [3.8, 4) is 0 Å². The van der Waals surface area contributed by atoms with Crippen LogP contribution in [-0.2, 0) is 14.4 Å². The van der Waals surface area contributed by atoms with Crippen LogP contribution < -0.4 is 5.32 Å². The zero-order valence-electron chi connectivity index (χ0n) is 13.5. The van der Waals surface area contributed by atoms with E-state index in [0.717, 1.165) is 38.6 Å². The number of nitrogens with zero attached hydrogens (tertiary/aromatic N) is 2. The van der Waals surface area contributed by atoms with E-state index >= 15 is 0 Å². The Morgan fingerprint density at radius 1 is 1.18 bits per heavy atom. The molecule has 2 heterocycles. The van der Waals surface area contributed by atoms with E-state index in [0.29, 0.717) is 26.1 Å². The summed E-state index contributed by atoms with van der Waals surface area (Å²) in [5.74, 6) is 0.239. The summed E-state index contributed by atoms with van der Waals surface area (Å²) in [5.41, 5.74) is 0. The molecule has 0 spiro atoms. The number of rotatable bonds is 5. The molecule has 22 heavy (non-hydrogen) atoms. The highest BCUT2D eigenvalue weighted by Crippen LogP contribution is 2.18. The topological polar surface area (TPSA) is 69.7 Å². The molecule has 0 radical (unpaired) electrons. The van der Waals surface area contributed by atoms with Crippen molar-refractivity contribution < 1.29 is 14.4 Å². The molecule has 0 aliphatic carbocycles. The number of hydrogen-bond acceptors (Lipinski definition) is 3. The van der Waals surface area contributed by atoms with Crippen LogP contribution in [-0.4, -0.2) is 60.2 Å². The zero-order chi connectivity index (χ0) is 15.9. The van der Waals surface area contributed by atoms with Crippen LogP contribution in [0.2, 0.25) is 0 Å². The van der Waals surface area contributed by atoms with Crippen molar-refractivity contribution in [2.75, 3.05) is 32.7 Å². The summed E-state index contributed by atoms with van der Waals surface area (Å²) in [7, 11) is 0. The van der Waals surface area contributed by atoms with Crippen LogP contribution >= 0.6 is 0 Å². The average molecular weight is 309 g/mol. The van der Waals surface area contributed by atoms with E-state index in [1.54, 1.807) is 9.80 Å². The molecule has 0 unspecified atom stereocenters. The molecule has 0 saturated carbocycles. The van der Waals surface area contributed by atoms with Crippen molar-refractivity contribution >= 4 is 17.7 Å². The molecular formula is C16H27N3O3. The van der Waals surface area contributed by atoms with Crippen LogP contribution in [0.5, 0.6) is 0 Å². The van der Waals surface area contributed by atoms with Gasteiger partial charge in [0, 0.05) is 38.5 Å². The van der Waals surface area contributed by atoms with Gasteiger partial charge in [-0.05, 0) is 32.1 Å². The predicted octanol–water partition coefficient (Wildman–Crippen LogP) is 0.764. The lowest BCUT2D eigenvalue weighted by atomic mass is 9.95. The number of hydrogen-bond donors (Lipinski definition) is 1. The minimum atomic E-state index is 0.0164. The third kappa shape index (κ3) is 4.45. The zero-order valence-corrected chi connectivity index (χ0v) is 13.5. The molecule has 6 heteroatoms. The fraction of sp³-hybridized carbons (Fsp3) is 0.812. The average Bonchev–Trinajstić information content (AvgIpc) is 2.55. The van der Waals surface area contributed by atoms with Gasteiger partial charge in [0.25, 0.3) is 0 Å². The summed E-state index contributed by atoms with van der Waals surface area (Å²) in [6.07, 6.45) is 4.85. The van der Waals surface area contributed by atoms with Crippen molar-refractivity contribution in [2.45, 2.75) is 45.4 Å². The molecule has 1 N–H and O–H groups in total. The fourth-order valence-corrected chi connectivity index (χ4v) is 3.08. The number of carbonyl (C=O) groups excluding carboxylic acids is 3. The summed E-state index contributed by atoms with van der Waals surface area (Å²) < 4.78 is 0. The van der Waals surface area contributed by atoms with Gasteiger partial charge in [0.2, 0.25) is 17.7 Å². The first kappa shape index (κ1) is 16.8. The Bertz CT molecular complexity index is 417. The number of carbonyl (C=O) groups is 3. The van der Waals surface area contributed by atoms with Crippen molar-refractivity contribution in [1.29, 1.82) is 0 Å². The van der Waals surface area contributed by atoms with Crippen LogP contribution in [0.3, 0.4) is 0 Å². The summed E-state index contributed by atoms with van der Waals surface area (Å²) in [6.45, 7) is 4.88. The normalized spacial score (nSPS) is 20.1. The van der Waals surface area contributed by atoms with E-state index < -0.39 is 0 Å². The first-order valence-electron chi connectivity index (χ1n) is 8.45. The van der Waals surface area contributed by atoms with Crippen molar-refractivity contribution in [3.05, 3.63) is 0 Å². The standard InChI is InChI=1S/C16H27N3O3/c1-2-8-17-16(22)13-6-10-18(11-7-13)15(21)12-19-9-4-3-5-14(19)20/h13H,2-12H2,1H3,(H,17,22). The lowest BCUT2D eigenvalue weighted by molar-refractivity contribution is -0.143. The molecule has 0 aromatic rings. The Labute approximate surface area is 132 Å². The lowest BCUT2D eigenvalue weighted by Crippen LogP contribution is -2.48. The van der Waals surface area contributed by atoms with Crippen molar-refractivity contribution in [3.63, 3.8) is 0 Å². The lowest BCUT2D eigenvalue weighted by Gasteiger charge is -2.34. The molecule has 0 atom stereocenters. The molecule has 2 aliphatic rings. The van der Waals surface area contributed by atoms with E-state index in [-0.39, 0.29) is 30.2 Å². The molecule has 2 fully saturated rings. The van der Waals surface area contributed by atoms with Gasteiger partial charge in [0.05, 0.1) is 6.54 Å². The van der Waals surface area contributed by atoms with E-state index in [1.807, 2.05) is 6.92 Å². The summed E-state index contributed by atoms with van der Waals surface area (Å²) >= 11 is 0. The minimum absolute atomic E-state index is 0.0164. The Morgan fingerprint density at radius 2 is 1.91 bits per heavy atom. The van der Waals surface area contributed by atoms with Crippen LogP contribution in [0.4, 0.5) is 0 Å². The second-order valence-corrected chi connectivity index (χ2v) is 6.22. The number of nitrogens with one attached hydrogen (secondary N) is 1. The van der Waals surface area contributed by atoms with Gasteiger partial charge < -0.3 is 15.1 Å². The molecule has 0 aromatic carbocycles. The predicted molar refractivity (Wildman–Crippen MR) is 83.0 cm³/mol. The number of piperidine rings is 2. The quantitative estimate of drug-likeness (QED) is 0.815. The molecule has 124 valence electrons. The molecule has 0 bridgehead atoms. The van der Waals surface area contributed by atoms with Gasteiger partial charge >= 0.3 is 0 Å². The Hall–Kier alpha value is -1.59. The maximum atomic E-state index is 12.3. The van der Waals surface area contributed by atoms with Crippen LogP contribution in [0.1, 0.15) is 45.4 Å². The Balaban J connectivity index is 1.75. The monoisotopic (exact) mass is 309 g/mol. The molecule has 0 aromatic heterocycles. The van der Waals surface area contributed by atoms with E-state index in [4.69, 9.17) is 0 Å². The molecule has 2 rings (SSSR count). The third-order valence-electron chi connectivity index (χ3n) is 4.52. The second kappa shape index (κ2) is 8.15. The minimum Gasteiger partial charge on any atom is -0.356 e. The van der Waals surface area contributed by atoms with Crippen molar-refractivity contribution in [1.82, 2.24) is 15.1 Å². The Kier molecular flexibility index (Phi) is 6.21. The highest BCUT2D eigenvalue weighted by atomic mass is 16.2. The van der Waals surface area contributed by atoms with Crippen LogP contribution in [0.25, 0.3) is 0 Å². The van der Waals surface area contributed by atoms with Gasteiger partial charge in [-0.1, -0.05) is 6.92 Å². The van der Waals surface area contributed by atoms with Gasteiger partial charge in [-0.15, -0.1) is 0 Å². The van der Waals surface area contributed by atoms with Gasteiger partial charge in [0.15, 0.2) is 0 Å². The van der Waals surface area contributed by atoms with Gasteiger partial charge in [0.1, 0.15) is 0 Å². The first-order valence-corrected chi connectivity index (χ1v) is 8.45. The van der Waals surface area contributed by atoms with Gasteiger partial charge in [-0.25, -0.2) is 0 Å². The molecular weight excluding hydrogens is 282 g/mol. The smallest absolute Gasteiger partial charge is 0.242 e. The summed E-state index contributed by atoms with van der Waals surface area (Å²) in [5, 5.41) is 2.92.